The first-order chi connectivity index (χ1) is 15.1. The minimum absolute atomic E-state index is 0.0470. The van der Waals surface area contributed by atoms with Crippen LogP contribution < -0.4 is 0 Å². The van der Waals surface area contributed by atoms with Gasteiger partial charge in [-0.1, -0.05) is 25.9 Å². The molecular formula is C22H26F3N5O2. The predicted octanol–water partition coefficient (Wildman–Crippen LogP) is 4.60. The largest absolute Gasteiger partial charge is 0.417 e. The van der Waals surface area contributed by atoms with Crippen LogP contribution in [0.2, 0.25) is 0 Å². The van der Waals surface area contributed by atoms with Crippen LogP contribution in [0.25, 0.3) is 11.1 Å². The number of hydrogen-bond donors (Lipinski definition) is 0. The Hall–Kier alpha value is -2.91. The van der Waals surface area contributed by atoms with Crippen LogP contribution in [-0.2, 0) is 17.5 Å². The van der Waals surface area contributed by atoms with Gasteiger partial charge in [0.05, 0.1) is 29.1 Å². The van der Waals surface area contributed by atoms with E-state index in [2.05, 4.69) is 15.2 Å². The topological polar surface area (TPSA) is 77.0 Å². The summed E-state index contributed by atoms with van der Waals surface area (Å²) in [5, 5.41) is 8.05. The minimum atomic E-state index is -4.56. The van der Waals surface area contributed by atoms with Crippen LogP contribution >= 0.6 is 0 Å². The second-order valence-corrected chi connectivity index (χ2v) is 8.75. The number of hydrogen-bond acceptors (Lipinski definition) is 5. The van der Waals surface area contributed by atoms with E-state index in [4.69, 9.17) is 4.52 Å². The summed E-state index contributed by atoms with van der Waals surface area (Å²) in [7, 11) is 0. The average molecular weight is 449 g/mol. The number of carbonyl (C=O) groups is 1. The molecule has 1 fully saturated rings. The third-order valence-corrected chi connectivity index (χ3v) is 5.95. The molecule has 1 aliphatic heterocycles. The number of halogens is 3. The predicted molar refractivity (Wildman–Crippen MR) is 111 cm³/mol. The number of carbonyl (C=O) groups excluding carboxylic acids is 1. The fourth-order valence-corrected chi connectivity index (χ4v) is 4.27. The highest BCUT2D eigenvalue weighted by atomic mass is 19.4. The lowest BCUT2D eigenvalue weighted by Gasteiger charge is -2.33. The summed E-state index contributed by atoms with van der Waals surface area (Å²) in [5.41, 5.74) is -0.347. The maximum absolute atomic E-state index is 13.9. The fraction of sp³-hybridized carbons (Fsp3) is 0.545. The van der Waals surface area contributed by atoms with E-state index in [0.29, 0.717) is 38.2 Å². The van der Waals surface area contributed by atoms with Crippen LogP contribution in [0, 0.1) is 5.92 Å². The van der Waals surface area contributed by atoms with Crippen molar-refractivity contribution < 1.29 is 22.5 Å². The molecule has 0 aliphatic carbocycles. The van der Waals surface area contributed by atoms with Crippen molar-refractivity contribution in [1.82, 2.24) is 24.8 Å². The Balaban J connectivity index is 1.62. The summed E-state index contributed by atoms with van der Waals surface area (Å²) >= 11 is 0. The lowest BCUT2D eigenvalue weighted by atomic mass is 9.90. The van der Waals surface area contributed by atoms with Crippen molar-refractivity contribution in [3.63, 3.8) is 0 Å². The number of fused-ring (bicyclic) bond motifs is 1. The van der Waals surface area contributed by atoms with E-state index >= 15 is 0 Å². The standard InChI is InChI=1S/C22H26F3N5O2/c1-13(2)17-10-16(22(23,24)25)18-19(28-32-20(18)27-17)15-6-4-8-29(12-15)21(31)14(3)11-30-9-5-7-26-30/h5,7,9-10,13-15H,4,6,8,11-12H2,1-3H3/t14-,15+/m0/s1. The van der Waals surface area contributed by atoms with E-state index in [0.717, 1.165) is 6.07 Å². The molecule has 1 amide bonds. The van der Waals surface area contributed by atoms with Crippen LogP contribution in [0.5, 0.6) is 0 Å². The summed E-state index contributed by atoms with van der Waals surface area (Å²) in [5.74, 6) is -0.884. The maximum atomic E-state index is 13.9. The zero-order chi connectivity index (χ0) is 23.0. The van der Waals surface area contributed by atoms with Gasteiger partial charge < -0.3 is 9.42 Å². The first-order valence-electron chi connectivity index (χ1n) is 10.8. The fourth-order valence-electron chi connectivity index (χ4n) is 4.27. The summed E-state index contributed by atoms with van der Waals surface area (Å²) < 4.78 is 48.7. The first-order valence-corrected chi connectivity index (χ1v) is 10.8. The quantitative estimate of drug-likeness (QED) is 0.569. The number of likely N-dealkylation sites (tertiary alicyclic amines) is 1. The van der Waals surface area contributed by atoms with Crippen LogP contribution in [0.15, 0.2) is 29.0 Å². The van der Waals surface area contributed by atoms with Crippen LogP contribution in [0.1, 0.15) is 62.4 Å². The SMILES string of the molecule is CC(C)c1cc(C(F)(F)F)c2c([C@@H]3CCCN(C(=O)[C@@H](C)Cn4cccn4)C3)noc2n1. The summed E-state index contributed by atoms with van der Waals surface area (Å²) in [6, 6.07) is 2.88. The van der Waals surface area contributed by atoms with E-state index in [-0.39, 0.29) is 40.5 Å². The molecule has 0 unspecified atom stereocenters. The Labute approximate surface area is 183 Å². The van der Waals surface area contributed by atoms with Gasteiger partial charge in [-0.25, -0.2) is 4.98 Å². The zero-order valence-corrected chi connectivity index (χ0v) is 18.3. The number of nitrogens with zero attached hydrogens (tertiary/aromatic N) is 5. The molecule has 1 saturated heterocycles. The monoisotopic (exact) mass is 449 g/mol. The molecule has 0 N–H and O–H groups in total. The first kappa shape index (κ1) is 22.3. The smallest absolute Gasteiger partial charge is 0.342 e. The molecule has 172 valence electrons. The van der Waals surface area contributed by atoms with Crippen molar-refractivity contribution in [1.29, 1.82) is 0 Å². The van der Waals surface area contributed by atoms with Crippen molar-refractivity contribution in [2.24, 2.45) is 5.92 Å². The third-order valence-electron chi connectivity index (χ3n) is 5.95. The molecule has 1 aliphatic rings. The highest BCUT2D eigenvalue weighted by Crippen LogP contribution is 2.40. The highest BCUT2D eigenvalue weighted by Gasteiger charge is 2.38. The molecule has 32 heavy (non-hydrogen) atoms. The van der Waals surface area contributed by atoms with Crippen molar-refractivity contribution in [3.8, 4) is 0 Å². The van der Waals surface area contributed by atoms with E-state index in [1.807, 2.05) is 6.92 Å². The maximum Gasteiger partial charge on any atom is 0.417 e. The van der Waals surface area contributed by atoms with Gasteiger partial charge in [-0.15, -0.1) is 0 Å². The summed E-state index contributed by atoms with van der Waals surface area (Å²) in [6.07, 6.45) is 0.191. The molecule has 0 spiro atoms. The lowest BCUT2D eigenvalue weighted by molar-refractivity contribution is -0.137. The highest BCUT2D eigenvalue weighted by molar-refractivity contribution is 5.82. The Morgan fingerprint density at radius 2 is 2.09 bits per heavy atom. The second-order valence-electron chi connectivity index (χ2n) is 8.75. The molecule has 4 rings (SSSR count). The van der Waals surface area contributed by atoms with Crippen molar-refractivity contribution in [3.05, 3.63) is 41.5 Å². The molecule has 0 saturated carbocycles. The van der Waals surface area contributed by atoms with E-state index < -0.39 is 11.7 Å². The Morgan fingerprint density at radius 1 is 1.31 bits per heavy atom. The number of aromatic nitrogens is 4. The third kappa shape index (κ3) is 4.35. The normalized spacial score (nSPS) is 18.5. The van der Waals surface area contributed by atoms with Gasteiger partial charge in [-0.2, -0.15) is 18.3 Å². The molecule has 3 aromatic rings. The Kier molecular flexibility index (Phi) is 5.96. The summed E-state index contributed by atoms with van der Waals surface area (Å²) in [4.78, 5) is 19.0. The molecule has 0 bridgehead atoms. The Bertz CT molecular complexity index is 1090. The molecule has 2 atom stereocenters. The molecule has 4 heterocycles. The van der Waals surface area contributed by atoms with Gasteiger partial charge in [0.2, 0.25) is 5.91 Å². The van der Waals surface area contributed by atoms with Crippen LogP contribution in [-0.4, -0.2) is 43.8 Å². The molecule has 0 radical (unpaired) electrons. The van der Waals surface area contributed by atoms with Crippen LogP contribution in [0.4, 0.5) is 13.2 Å². The van der Waals surface area contributed by atoms with Gasteiger partial charge >= 0.3 is 6.18 Å². The number of alkyl halides is 3. The van der Waals surface area contributed by atoms with Gasteiger partial charge in [0.1, 0.15) is 0 Å². The Morgan fingerprint density at radius 3 is 2.75 bits per heavy atom. The average Bonchev–Trinajstić information content (AvgIpc) is 3.41. The number of amides is 1. The minimum Gasteiger partial charge on any atom is -0.342 e. The molecule has 10 heteroatoms. The second kappa shape index (κ2) is 8.55. The van der Waals surface area contributed by atoms with Crippen molar-refractivity contribution >= 4 is 17.0 Å². The molecule has 0 aromatic carbocycles. The summed E-state index contributed by atoms with van der Waals surface area (Å²) in [6.45, 7) is 6.70. The number of pyridine rings is 1. The van der Waals surface area contributed by atoms with Gasteiger partial charge in [0.15, 0.2) is 0 Å². The van der Waals surface area contributed by atoms with Gasteiger partial charge in [0.25, 0.3) is 5.71 Å². The van der Waals surface area contributed by atoms with Crippen molar-refractivity contribution in [2.45, 2.75) is 58.2 Å². The number of piperidine rings is 1. The van der Waals surface area contributed by atoms with Gasteiger partial charge in [-0.05, 0) is 30.9 Å². The van der Waals surface area contributed by atoms with Gasteiger partial charge in [-0.3, -0.25) is 9.48 Å². The van der Waals surface area contributed by atoms with Crippen molar-refractivity contribution in [2.75, 3.05) is 13.1 Å². The molecular weight excluding hydrogens is 423 g/mol. The number of rotatable bonds is 5. The van der Waals surface area contributed by atoms with Crippen LogP contribution in [0.3, 0.4) is 0 Å². The molecule has 7 nitrogen and oxygen atoms in total. The van der Waals surface area contributed by atoms with E-state index in [1.165, 1.54) is 0 Å². The van der Waals surface area contributed by atoms with Gasteiger partial charge in [0, 0.05) is 37.1 Å². The van der Waals surface area contributed by atoms with E-state index in [9.17, 15) is 18.0 Å². The lowest BCUT2D eigenvalue weighted by Crippen LogP contribution is -2.42. The van der Waals surface area contributed by atoms with E-state index in [1.54, 1.807) is 41.9 Å². The zero-order valence-electron chi connectivity index (χ0n) is 18.3. The molecule has 3 aromatic heterocycles.